The maximum atomic E-state index is 6.07. The smallest absolute Gasteiger partial charge is 0.177 e. The summed E-state index contributed by atoms with van der Waals surface area (Å²) in [5.74, 6) is 2.54. The second-order valence-electron chi connectivity index (χ2n) is 6.47. The molecule has 1 aliphatic heterocycles. The molecule has 1 aromatic carbocycles. The van der Waals surface area contributed by atoms with Crippen molar-refractivity contribution in [1.82, 2.24) is 5.32 Å². The van der Waals surface area contributed by atoms with E-state index in [0.717, 1.165) is 52.2 Å². The van der Waals surface area contributed by atoms with E-state index in [1.54, 1.807) is 7.11 Å². The summed E-state index contributed by atoms with van der Waals surface area (Å²) in [6.45, 7) is 7.23. The average Bonchev–Trinajstić information content (AvgIpc) is 3.14. The molecule has 1 fully saturated rings. The molecule has 1 N–H and O–H groups in total. The van der Waals surface area contributed by atoms with E-state index in [4.69, 9.17) is 13.6 Å². The van der Waals surface area contributed by atoms with Gasteiger partial charge in [0.25, 0.3) is 0 Å². The van der Waals surface area contributed by atoms with Crippen molar-refractivity contribution < 1.29 is 13.6 Å². The molecular formula is C18H21NO3. The Morgan fingerprint density at radius 1 is 1.09 bits per heavy atom. The molecule has 1 atom stereocenters. The highest BCUT2D eigenvalue weighted by atomic mass is 16.5. The summed E-state index contributed by atoms with van der Waals surface area (Å²) in [4.78, 5) is 0. The molecule has 0 radical (unpaired) electrons. The highest BCUT2D eigenvalue weighted by molar-refractivity contribution is 6.05. The Morgan fingerprint density at radius 3 is 2.41 bits per heavy atom. The minimum atomic E-state index is -0.0939. The minimum Gasteiger partial charge on any atom is -0.492 e. The van der Waals surface area contributed by atoms with Crippen molar-refractivity contribution in [1.29, 1.82) is 0 Å². The van der Waals surface area contributed by atoms with Gasteiger partial charge < -0.3 is 18.9 Å². The van der Waals surface area contributed by atoms with Gasteiger partial charge in [0.15, 0.2) is 11.3 Å². The SMILES string of the molecule is COc1c2cc(C)oc2c(C2(C)CCCN2)c2cc(C)oc12. The van der Waals surface area contributed by atoms with Crippen LogP contribution in [-0.2, 0) is 5.54 Å². The van der Waals surface area contributed by atoms with E-state index in [1.165, 1.54) is 12.0 Å². The standard InChI is InChI=1S/C18H21NO3/c1-10-8-12-14(18(3)6-5-7-19-18)15-13(9-11(2)21-15)16(20-4)17(12)22-10/h8-9,19H,5-7H2,1-4H3. The van der Waals surface area contributed by atoms with Crippen LogP contribution in [0.3, 0.4) is 0 Å². The number of furan rings is 2. The number of hydrogen-bond donors (Lipinski definition) is 1. The molecule has 22 heavy (non-hydrogen) atoms. The summed E-state index contributed by atoms with van der Waals surface area (Å²) in [6, 6.07) is 4.13. The fourth-order valence-electron chi connectivity index (χ4n) is 3.84. The molecule has 2 aromatic heterocycles. The Hall–Kier alpha value is -1.94. The normalized spacial score (nSPS) is 22.0. The topological polar surface area (TPSA) is 47.5 Å². The van der Waals surface area contributed by atoms with E-state index < -0.39 is 0 Å². The van der Waals surface area contributed by atoms with Gasteiger partial charge in [0.05, 0.1) is 12.5 Å². The fourth-order valence-corrected chi connectivity index (χ4v) is 3.84. The highest BCUT2D eigenvalue weighted by Gasteiger charge is 2.36. The van der Waals surface area contributed by atoms with Crippen molar-refractivity contribution in [2.75, 3.05) is 13.7 Å². The largest absolute Gasteiger partial charge is 0.492 e. The zero-order chi connectivity index (χ0) is 15.5. The molecule has 3 heterocycles. The molecular weight excluding hydrogens is 278 g/mol. The number of ether oxygens (including phenoxy) is 1. The average molecular weight is 299 g/mol. The number of methoxy groups -OCH3 is 1. The molecule has 0 spiro atoms. The summed E-state index contributed by atoms with van der Waals surface area (Å²) in [6.07, 6.45) is 2.26. The summed E-state index contributed by atoms with van der Waals surface area (Å²) < 4.78 is 17.7. The number of benzene rings is 1. The number of fused-ring (bicyclic) bond motifs is 2. The number of aryl methyl sites for hydroxylation is 2. The molecule has 0 aliphatic carbocycles. The van der Waals surface area contributed by atoms with Gasteiger partial charge in [-0.15, -0.1) is 0 Å². The van der Waals surface area contributed by atoms with Crippen LogP contribution in [0.2, 0.25) is 0 Å². The van der Waals surface area contributed by atoms with Crippen molar-refractivity contribution in [3.8, 4) is 5.75 Å². The fraction of sp³-hybridized carbons (Fsp3) is 0.444. The van der Waals surface area contributed by atoms with E-state index >= 15 is 0 Å². The molecule has 4 nitrogen and oxygen atoms in total. The van der Waals surface area contributed by atoms with Crippen LogP contribution in [0.4, 0.5) is 0 Å². The van der Waals surface area contributed by atoms with Gasteiger partial charge in [0.1, 0.15) is 17.1 Å². The van der Waals surface area contributed by atoms with Crippen molar-refractivity contribution >= 4 is 21.9 Å². The van der Waals surface area contributed by atoms with E-state index in [-0.39, 0.29) is 5.54 Å². The van der Waals surface area contributed by atoms with E-state index in [2.05, 4.69) is 18.3 Å². The maximum Gasteiger partial charge on any atom is 0.177 e. The Kier molecular flexibility index (Phi) is 2.82. The number of rotatable bonds is 2. The molecule has 4 rings (SSSR count). The first-order chi connectivity index (χ1) is 10.5. The van der Waals surface area contributed by atoms with Gasteiger partial charge >= 0.3 is 0 Å². The summed E-state index contributed by atoms with van der Waals surface area (Å²) in [5, 5.41) is 5.73. The van der Waals surface area contributed by atoms with Gasteiger partial charge in [-0.25, -0.2) is 0 Å². The zero-order valence-corrected chi connectivity index (χ0v) is 13.5. The van der Waals surface area contributed by atoms with Crippen LogP contribution in [0.5, 0.6) is 5.75 Å². The van der Waals surface area contributed by atoms with E-state index in [9.17, 15) is 0 Å². The molecule has 1 saturated heterocycles. The third-order valence-corrected chi connectivity index (χ3v) is 4.78. The van der Waals surface area contributed by atoms with Crippen LogP contribution >= 0.6 is 0 Å². The summed E-state index contributed by atoms with van der Waals surface area (Å²) in [7, 11) is 1.68. The first-order valence-corrected chi connectivity index (χ1v) is 7.79. The van der Waals surface area contributed by atoms with Crippen LogP contribution in [-0.4, -0.2) is 13.7 Å². The first-order valence-electron chi connectivity index (χ1n) is 7.79. The van der Waals surface area contributed by atoms with Gasteiger partial charge in [-0.1, -0.05) is 0 Å². The lowest BCUT2D eigenvalue weighted by molar-refractivity contribution is 0.410. The molecule has 0 bridgehead atoms. The highest BCUT2D eigenvalue weighted by Crippen LogP contribution is 2.46. The van der Waals surface area contributed by atoms with Crippen molar-refractivity contribution in [2.45, 2.75) is 39.2 Å². The van der Waals surface area contributed by atoms with Crippen molar-refractivity contribution in [3.05, 3.63) is 29.2 Å². The van der Waals surface area contributed by atoms with Gasteiger partial charge in [0, 0.05) is 16.5 Å². The lowest BCUT2D eigenvalue weighted by Gasteiger charge is -2.26. The third-order valence-electron chi connectivity index (χ3n) is 4.78. The van der Waals surface area contributed by atoms with Crippen molar-refractivity contribution in [2.24, 2.45) is 0 Å². The van der Waals surface area contributed by atoms with Crippen LogP contribution < -0.4 is 10.1 Å². The molecule has 0 saturated carbocycles. The second-order valence-corrected chi connectivity index (χ2v) is 6.47. The Bertz CT molecular complexity index is 808. The molecule has 0 amide bonds. The Labute approximate surface area is 129 Å². The van der Waals surface area contributed by atoms with Gasteiger partial charge in [-0.3, -0.25) is 0 Å². The second kappa shape index (κ2) is 4.53. The zero-order valence-electron chi connectivity index (χ0n) is 13.5. The van der Waals surface area contributed by atoms with Crippen LogP contribution in [0, 0.1) is 13.8 Å². The maximum absolute atomic E-state index is 6.07. The minimum absolute atomic E-state index is 0.0939. The summed E-state index contributed by atoms with van der Waals surface area (Å²) in [5.41, 5.74) is 2.84. The monoisotopic (exact) mass is 299 g/mol. The Balaban J connectivity index is 2.20. The molecule has 116 valence electrons. The molecule has 4 heteroatoms. The first kappa shape index (κ1) is 13.7. The number of hydrogen-bond acceptors (Lipinski definition) is 4. The van der Waals surface area contributed by atoms with Gasteiger partial charge in [-0.2, -0.15) is 0 Å². The lowest BCUT2D eigenvalue weighted by atomic mass is 9.86. The van der Waals surface area contributed by atoms with E-state index in [0.29, 0.717) is 0 Å². The molecule has 1 aliphatic rings. The lowest BCUT2D eigenvalue weighted by Crippen LogP contribution is -2.33. The number of nitrogens with one attached hydrogen (secondary N) is 1. The van der Waals surface area contributed by atoms with Crippen LogP contribution in [0.25, 0.3) is 21.9 Å². The third kappa shape index (κ3) is 1.73. The van der Waals surface area contributed by atoms with Gasteiger partial charge in [0.2, 0.25) is 0 Å². The predicted molar refractivity (Wildman–Crippen MR) is 86.6 cm³/mol. The van der Waals surface area contributed by atoms with Crippen LogP contribution in [0.1, 0.15) is 36.8 Å². The predicted octanol–water partition coefficient (Wildman–Crippen LogP) is 4.40. The van der Waals surface area contributed by atoms with E-state index in [1.807, 2.05) is 19.9 Å². The van der Waals surface area contributed by atoms with Crippen molar-refractivity contribution in [3.63, 3.8) is 0 Å². The Morgan fingerprint density at radius 2 is 1.77 bits per heavy atom. The quantitative estimate of drug-likeness (QED) is 0.761. The molecule has 3 aromatic rings. The van der Waals surface area contributed by atoms with Gasteiger partial charge in [-0.05, 0) is 52.3 Å². The molecule has 1 unspecified atom stereocenters. The summed E-state index contributed by atoms with van der Waals surface area (Å²) >= 11 is 0. The van der Waals surface area contributed by atoms with Crippen LogP contribution in [0.15, 0.2) is 21.0 Å².